The molecule has 0 aliphatic carbocycles. The van der Waals surface area contributed by atoms with Gasteiger partial charge >= 0.3 is 0 Å². The first-order valence-electron chi connectivity index (χ1n) is 9.24. The molecule has 1 amide bonds. The zero-order valence-electron chi connectivity index (χ0n) is 15.5. The van der Waals surface area contributed by atoms with Crippen LogP contribution in [0.4, 0.5) is 5.69 Å². The van der Waals surface area contributed by atoms with Crippen molar-refractivity contribution in [2.75, 3.05) is 29.9 Å². The molecule has 1 saturated heterocycles. The van der Waals surface area contributed by atoms with Crippen molar-refractivity contribution in [1.82, 2.24) is 9.88 Å². The SMILES string of the molecule is CCN(C(=O)c1cc(NCCc2ccccc2)ccn1)C1CCS(=O)(=O)C1. The number of sulfone groups is 1. The highest BCUT2D eigenvalue weighted by Crippen LogP contribution is 2.20. The second-order valence-electron chi connectivity index (χ2n) is 6.74. The van der Waals surface area contributed by atoms with Gasteiger partial charge in [-0.15, -0.1) is 0 Å². The van der Waals surface area contributed by atoms with Crippen molar-refractivity contribution in [2.45, 2.75) is 25.8 Å². The number of nitrogens with one attached hydrogen (secondary N) is 1. The molecule has 3 rings (SSSR count). The summed E-state index contributed by atoms with van der Waals surface area (Å²) < 4.78 is 23.5. The molecule has 2 aromatic rings. The lowest BCUT2D eigenvalue weighted by molar-refractivity contribution is 0.0702. The van der Waals surface area contributed by atoms with Gasteiger partial charge < -0.3 is 10.2 Å². The van der Waals surface area contributed by atoms with Crippen LogP contribution in [0.2, 0.25) is 0 Å². The van der Waals surface area contributed by atoms with Crippen LogP contribution < -0.4 is 5.32 Å². The Bertz CT molecular complexity index is 884. The van der Waals surface area contributed by atoms with Crippen molar-refractivity contribution >= 4 is 21.4 Å². The number of rotatable bonds is 7. The second kappa shape index (κ2) is 8.52. The van der Waals surface area contributed by atoms with Gasteiger partial charge in [0.2, 0.25) is 0 Å². The number of hydrogen-bond acceptors (Lipinski definition) is 5. The monoisotopic (exact) mass is 387 g/mol. The fourth-order valence-corrected chi connectivity index (χ4v) is 5.12. The third-order valence-corrected chi connectivity index (χ3v) is 6.57. The third kappa shape index (κ3) is 5.07. The molecule has 1 aliphatic heterocycles. The molecule has 0 bridgehead atoms. The predicted octanol–water partition coefficient (Wildman–Crippen LogP) is 2.39. The molecule has 1 fully saturated rings. The summed E-state index contributed by atoms with van der Waals surface area (Å²) in [4.78, 5) is 18.7. The highest BCUT2D eigenvalue weighted by molar-refractivity contribution is 7.91. The Morgan fingerprint density at radius 1 is 1.26 bits per heavy atom. The molecule has 1 aliphatic rings. The van der Waals surface area contributed by atoms with Crippen LogP contribution in [0.5, 0.6) is 0 Å². The smallest absolute Gasteiger partial charge is 0.272 e. The molecular formula is C20H25N3O3S. The highest BCUT2D eigenvalue weighted by Gasteiger charge is 2.34. The van der Waals surface area contributed by atoms with Crippen LogP contribution in [0.1, 0.15) is 29.4 Å². The van der Waals surface area contributed by atoms with E-state index in [1.165, 1.54) is 5.56 Å². The van der Waals surface area contributed by atoms with Gasteiger partial charge in [-0.2, -0.15) is 0 Å². The first-order chi connectivity index (χ1) is 13.0. The molecule has 6 nitrogen and oxygen atoms in total. The topological polar surface area (TPSA) is 79.4 Å². The fraction of sp³-hybridized carbons (Fsp3) is 0.400. The first-order valence-corrected chi connectivity index (χ1v) is 11.1. The normalized spacial score (nSPS) is 18.2. The molecule has 1 aromatic carbocycles. The van der Waals surface area contributed by atoms with E-state index in [1.54, 1.807) is 17.2 Å². The number of nitrogens with zero attached hydrogens (tertiary/aromatic N) is 2. The van der Waals surface area contributed by atoms with Gasteiger partial charge in [0.1, 0.15) is 5.69 Å². The maximum Gasteiger partial charge on any atom is 0.272 e. The van der Waals surface area contributed by atoms with Gasteiger partial charge in [-0.05, 0) is 37.5 Å². The van der Waals surface area contributed by atoms with Gasteiger partial charge in [0.05, 0.1) is 11.5 Å². The van der Waals surface area contributed by atoms with Gasteiger partial charge in [0.15, 0.2) is 9.84 Å². The first kappa shape index (κ1) is 19.4. The summed E-state index contributed by atoms with van der Waals surface area (Å²) in [7, 11) is -3.04. The third-order valence-electron chi connectivity index (χ3n) is 4.82. The Morgan fingerprint density at radius 2 is 2.04 bits per heavy atom. The summed E-state index contributed by atoms with van der Waals surface area (Å²) in [5.41, 5.74) is 2.42. The van der Waals surface area contributed by atoms with Crippen LogP contribution in [0.25, 0.3) is 0 Å². The molecule has 1 atom stereocenters. The molecule has 144 valence electrons. The Labute approximate surface area is 160 Å². The summed E-state index contributed by atoms with van der Waals surface area (Å²) >= 11 is 0. The molecule has 27 heavy (non-hydrogen) atoms. The van der Waals surface area contributed by atoms with Crippen LogP contribution in [0.3, 0.4) is 0 Å². The van der Waals surface area contributed by atoms with Crippen molar-refractivity contribution in [1.29, 1.82) is 0 Å². The minimum Gasteiger partial charge on any atom is -0.385 e. The highest BCUT2D eigenvalue weighted by atomic mass is 32.2. The second-order valence-corrected chi connectivity index (χ2v) is 8.97. The number of amides is 1. The van der Waals surface area contributed by atoms with E-state index >= 15 is 0 Å². The van der Waals surface area contributed by atoms with Crippen LogP contribution >= 0.6 is 0 Å². The van der Waals surface area contributed by atoms with Gasteiger partial charge in [-0.3, -0.25) is 9.78 Å². The number of carbonyl (C=O) groups excluding carboxylic acids is 1. The summed E-state index contributed by atoms with van der Waals surface area (Å²) in [5, 5.41) is 3.32. The molecule has 7 heteroatoms. The number of carbonyl (C=O) groups is 1. The number of anilines is 1. The average Bonchev–Trinajstić information content (AvgIpc) is 3.03. The van der Waals surface area contributed by atoms with E-state index in [0.29, 0.717) is 18.7 Å². The quantitative estimate of drug-likeness (QED) is 0.789. The van der Waals surface area contributed by atoms with E-state index in [9.17, 15) is 13.2 Å². The summed E-state index contributed by atoms with van der Waals surface area (Å²) in [6.45, 7) is 3.08. The molecule has 1 N–H and O–H groups in total. The van der Waals surface area contributed by atoms with E-state index in [4.69, 9.17) is 0 Å². The van der Waals surface area contributed by atoms with Gasteiger partial charge in [-0.1, -0.05) is 30.3 Å². The summed E-state index contributed by atoms with van der Waals surface area (Å²) in [5.74, 6) is -0.0244. The van der Waals surface area contributed by atoms with Crippen LogP contribution in [0.15, 0.2) is 48.7 Å². The van der Waals surface area contributed by atoms with Crippen molar-refractivity contribution in [3.05, 3.63) is 59.9 Å². The maximum atomic E-state index is 12.9. The molecule has 2 heterocycles. The molecule has 0 spiro atoms. The molecule has 0 radical (unpaired) electrons. The number of pyridine rings is 1. The van der Waals surface area contributed by atoms with Gasteiger partial charge in [0.25, 0.3) is 5.91 Å². The standard InChI is InChI=1S/C20H25N3O3S/c1-2-23(18-10-13-27(25,26)15-18)20(24)19-14-17(9-12-22-19)21-11-8-16-6-4-3-5-7-16/h3-7,9,12,14,18H,2,8,10-11,13,15H2,1H3,(H,21,22). The Morgan fingerprint density at radius 3 is 2.70 bits per heavy atom. The van der Waals surface area contributed by atoms with Gasteiger partial charge in [0, 0.05) is 31.0 Å². The van der Waals surface area contributed by atoms with E-state index < -0.39 is 9.84 Å². The molecule has 1 aromatic heterocycles. The number of hydrogen-bond donors (Lipinski definition) is 1. The number of benzene rings is 1. The van der Waals surface area contributed by atoms with E-state index in [2.05, 4.69) is 22.4 Å². The lowest BCUT2D eigenvalue weighted by Crippen LogP contribution is -2.41. The average molecular weight is 388 g/mol. The van der Waals surface area contributed by atoms with Crippen molar-refractivity contribution in [3.8, 4) is 0 Å². The Hall–Kier alpha value is -2.41. The van der Waals surface area contributed by atoms with Crippen molar-refractivity contribution < 1.29 is 13.2 Å². The predicted molar refractivity (Wildman–Crippen MR) is 107 cm³/mol. The van der Waals surface area contributed by atoms with Crippen LogP contribution in [-0.2, 0) is 16.3 Å². The largest absolute Gasteiger partial charge is 0.385 e. The lowest BCUT2D eigenvalue weighted by atomic mass is 10.1. The molecule has 1 unspecified atom stereocenters. The minimum absolute atomic E-state index is 0.0433. The molecule has 0 saturated carbocycles. The Kier molecular flexibility index (Phi) is 6.11. The van der Waals surface area contributed by atoms with Gasteiger partial charge in [-0.25, -0.2) is 8.42 Å². The van der Waals surface area contributed by atoms with Crippen LogP contribution in [-0.4, -0.2) is 54.8 Å². The fourth-order valence-electron chi connectivity index (χ4n) is 3.39. The Balaban J connectivity index is 1.64. The zero-order chi connectivity index (χ0) is 19.3. The van der Waals surface area contributed by atoms with E-state index in [-0.39, 0.29) is 23.5 Å². The maximum absolute atomic E-state index is 12.9. The summed E-state index contributed by atoms with van der Waals surface area (Å²) in [6.07, 6.45) is 2.99. The molecular weight excluding hydrogens is 362 g/mol. The van der Waals surface area contributed by atoms with Crippen molar-refractivity contribution in [2.24, 2.45) is 0 Å². The number of aromatic nitrogens is 1. The van der Waals surface area contributed by atoms with E-state index in [1.807, 2.05) is 31.2 Å². The lowest BCUT2D eigenvalue weighted by Gasteiger charge is -2.26. The zero-order valence-corrected chi connectivity index (χ0v) is 16.3. The van der Waals surface area contributed by atoms with E-state index in [0.717, 1.165) is 18.7 Å². The summed E-state index contributed by atoms with van der Waals surface area (Å²) in [6, 6.07) is 13.5. The minimum atomic E-state index is -3.04. The van der Waals surface area contributed by atoms with Crippen molar-refractivity contribution in [3.63, 3.8) is 0 Å². The van der Waals surface area contributed by atoms with Crippen LogP contribution in [0, 0.1) is 0 Å².